The maximum absolute atomic E-state index is 12.8. The molecule has 4 nitrogen and oxygen atoms in total. The van der Waals surface area contributed by atoms with Crippen LogP contribution in [0.15, 0.2) is 12.1 Å². The number of fused-ring (bicyclic) bond motifs is 1. The fraction of sp³-hybridized carbons (Fsp3) is 0.625. The number of aromatic nitrogens is 1. The molecule has 3 rings (SSSR count). The van der Waals surface area contributed by atoms with E-state index in [1.54, 1.807) is 6.07 Å². The summed E-state index contributed by atoms with van der Waals surface area (Å²) in [5.74, 6) is 1.32. The largest absolute Gasteiger partial charge is 0.384 e. The molecule has 1 aromatic heterocycles. The Labute approximate surface area is 120 Å². The van der Waals surface area contributed by atoms with Crippen LogP contribution in [0.25, 0.3) is 0 Å². The van der Waals surface area contributed by atoms with Crippen molar-refractivity contribution in [1.29, 1.82) is 0 Å². The minimum Gasteiger partial charge on any atom is -0.384 e. The first-order valence-corrected chi connectivity index (χ1v) is 7.76. The van der Waals surface area contributed by atoms with Crippen LogP contribution in [0.2, 0.25) is 0 Å². The molecule has 20 heavy (non-hydrogen) atoms. The number of nitrogens with two attached hydrogens (primary N) is 1. The van der Waals surface area contributed by atoms with Gasteiger partial charge in [-0.3, -0.25) is 4.79 Å². The van der Waals surface area contributed by atoms with Crippen LogP contribution < -0.4 is 5.73 Å². The normalized spacial score (nSPS) is 25.6. The van der Waals surface area contributed by atoms with Crippen molar-refractivity contribution in [3.8, 4) is 0 Å². The van der Waals surface area contributed by atoms with E-state index in [4.69, 9.17) is 5.73 Å². The van der Waals surface area contributed by atoms with Crippen molar-refractivity contribution in [2.45, 2.75) is 51.5 Å². The maximum atomic E-state index is 12.8. The van der Waals surface area contributed by atoms with Crippen molar-refractivity contribution in [1.82, 2.24) is 9.88 Å². The van der Waals surface area contributed by atoms with Crippen LogP contribution in [-0.2, 0) is 6.42 Å². The summed E-state index contributed by atoms with van der Waals surface area (Å²) in [6.07, 6.45) is 6.93. The topological polar surface area (TPSA) is 59.2 Å². The molecular formula is C16H23N3O. The van der Waals surface area contributed by atoms with Gasteiger partial charge in [-0.05, 0) is 50.2 Å². The van der Waals surface area contributed by atoms with Crippen LogP contribution in [0.5, 0.6) is 0 Å². The Morgan fingerprint density at radius 2 is 2.15 bits per heavy atom. The van der Waals surface area contributed by atoms with E-state index in [1.165, 1.54) is 19.3 Å². The van der Waals surface area contributed by atoms with Gasteiger partial charge in [-0.15, -0.1) is 0 Å². The lowest BCUT2D eigenvalue weighted by Crippen LogP contribution is -2.46. The van der Waals surface area contributed by atoms with Gasteiger partial charge >= 0.3 is 0 Å². The Kier molecular flexibility index (Phi) is 3.64. The highest BCUT2D eigenvalue weighted by atomic mass is 16.2. The third kappa shape index (κ3) is 2.39. The van der Waals surface area contributed by atoms with Crippen LogP contribution in [0.4, 0.5) is 5.82 Å². The van der Waals surface area contributed by atoms with Crippen LogP contribution in [0.3, 0.4) is 0 Å². The van der Waals surface area contributed by atoms with E-state index in [0.717, 1.165) is 37.4 Å². The van der Waals surface area contributed by atoms with Crippen LogP contribution >= 0.6 is 0 Å². The molecule has 0 aromatic carbocycles. The molecule has 0 spiro atoms. The number of piperidine rings is 1. The third-order valence-electron chi connectivity index (χ3n) is 4.76. The highest BCUT2D eigenvalue weighted by molar-refractivity contribution is 5.95. The lowest BCUT2D eigenvalue weighted by atomic mass is 9.91. The molecule has 1 aliphatic heterocycles. The summed E-state index contributed by atoms with van der Waals surface area (Å²) in [5, 5.41) is 0. The van der Waals surface area contributed by atoms with Crippen molar-refractivity contribution in [3.63, 3.8) is 0 Å². The van der Waals surface area contributed by atoms with Gasteiger partial charge in [0.25, 0.3) is 5.91 Å². The number of nitrogen functional groups attached to an aromatic ring is 1. The molecule has 2 fully saturated rings. The minimum atomic E-state index is 0.144. The molecule has 2 aliphatic rings. The van der Waals surface area contributed by atoms with Gasteiger partial charge in [0.1, 0.15) is 5.82 Å². The number of carbonyl (C=O) groups is 1. The van der Waals surface area contributed by atoms with Gasteiger partial charge in [-0.25, -0.2) is 4.98 Å². The predicted octanol–water partition coefficient (Wildman–Crippen LogP) is 2.63. The van der Waals surface area contributed by atoms with Crippen LogP contribution in [0, 0.1) is 5.92 Å². The van der Waals surface area contributed by atoms with Gasteiger partial charge in [0.05, 0.1) is 0 Å². The van der Waals surface area contributed by atoms with Gasteiger partial charge in [-0.1, -0.05) is 13.3 Å². The number of pyridine rings is 1. The fourth-order valence-corrected chi connectivity index (χ4v) is 3.79. The SMILES string of the molecule is CCc1cc(C(=O)N2CCCC3CCCC32)cc(N)n1. The average molecular weight is 273 g/mol. The molecule has 1 saturated carbocycles. The second-order valence-corrected chi connectivity index (χ2v) is 6.02. The summed E-state index contributed by atoms with van der Waals surface area (Å²) in [4.78, 5) is 19.2. The number of hydrogen-bond donors (Lipinski definition) is 1. The molecule has 2 atom stereocenters. The summed E-state index contributed by atoms with van der Waals surface area (Å²) in [6.45, 7) is 2.92. The van der Waals surface area contributed by atoms with E-state index >= 15 is 0 Å². The first-order chi connectivity index (χ1) is 9.69. The van der Waals surface area contributed by atoms with E-state index in [-0.39, 0.29) is 5.91 Å². The number of aryl methyl sites for hydroxylation is 1. The number of carbonyl (C=O) groups excluding carboxylic acids is 1. The van der Waals surface area contributed by atoms with E-state index in [1.807, 2.05) is 13.0 Å². The van der Waals surface area contributed by atoms with E-state index in [2.05, 4.69) is 9.88 Å². The van der Waals surface area contributed by atoms with Crippen molar-refractivity contribution >= 4 is 11.7 Å². The second-order valence-electron chi connectivity index (χ2n) is 6.02. The zero-order chi connectivity index (χ0) is 14.1. The summed E-state index contributed by atoms with van der Waals surface area (Å²) in [7, 11) is 0. The van der Waals surface area contributed by atoms with E-state index in [0.29, 0.717) is 17.4 Å². The summed E-state index contributed by atoms with van der Waals surface area (Å²) >= 11 is 0. The van der Waals surface area contributed by atoms with Gasteiger partial charge in [0, 0.05) is 23.8 Å². The van der Waals surface area contributed by atoms with Crippen molar-refractivity contribution in [2.75, 3.05) is 12.3 Å². The standard InChI is InChI=1S/C16H23N3O/c1-2-13-9-12(10-15(17)18-13)16(20)19-8-4-6-11-5-3-7-14(11)19/h9-11,14H,2-8H2,1H3,(H2,17,18). The Morgan fingerprint density at radius 1 is 1.35 bits per heavy atom. The van der Waals surface area contributed by atoms with Gasteiger partial charge < -0.3 is 10.6 Å². The fourth-order valence-electron chi connectivity index (χ4n) is 3.79. The molecule has 2 unspecified atom stereocenters. The molecule has 108 valence electrons. The zero-order valence-corrected chi connectivity index (χ0v) is 12.1. The van der Waals surface area contributed by atoms with Crippen molar-refractivity contribution in [3.05, 3.63) is 23.4 Å². The molecule has 1 saturated heterocycles. The zero-order valence-electron chi connectivity index (χ0n) is 12.1. The first kappa shape index (κ1) is 13.4. The monoisotopic (exact) mass is 273 g/mol. The van der Waals surface area contributed by atoms with Gasteiger partial charge in [-0.2, -0.15) is 0 Å². The molecule has 4 heteroatoms. The Bertz CT molecular complexity index is 514. The number of rotatable bonds is 2. The first-order valence-electron chi connectivity index (χ1n) is 7.76. The Hall–Kier alpha value is -1.58. The van der Waals surface area contributed by atoms with Gasteiger partial charge in [0.2, 0.25) is 0 Å². The molecule has 0 radical (unpaired) electrons. The van der Waals surface area contributed by atoms with Crippen LogP contribution in [-0.4, -0.2) is 28.4 Å². The highest BCUT2D eigenvalue weighted by Gasteiger charge is 2.37. The average Bonchev–Trinajstić information content (AvgIpc) is 2.94. The number of hydrogen-bond acceptors (Lipinski definition) is 3. The Balaban J connectivity index is 1.86. The molecular weight excluding hydrogens is 250 g/mol. The molecule has 1 aromatic rings. The molecule has 0 bridgehead atoms. The quantitative estimate of drug-likeness (QED) is 0.901. The molecule has 2 heterocycles. The maximum Gasteiger partial charge on any atom is 0.254 e. The molecule has 1 aliphatic carbocycles. The van der Waals surface area contributed by atoms with Crippen molar-refractivity contribution < 1.29 is 4.79 Å². The summed E-state index contributed by atoms with van der Waals surface area (Å²) < 4.78 is 0. The third-order valence-corrected chi connectivity index (χ3v) is 4.76. The minimum absolute atomic E-state index is 0.144. The predicted molar refractivity (Wildman–Crippen MR) is 79.4 cm³/mol. The lowest BCUT2D eigenvalue weighted by Gasteiger charge is -2.38. The van der Waals surface area contributed by atoms with Gasteiger partial charge in [0.15, 0.2) is 0 Å². The molecule has 1 amide bonds. The summed E-state index contributed by atoms with van der Waals surface area (Å²) in [5.41, 5.74) is 7.43. The number of amides is 1. The summed E-state index contributed by atoms with van der Waals surface area (Å²) in [6, 6.07) is 4.08. The number of likely N-dealkylation sites (tertiary alicyclic amines) is 1. The van der Waals surface area contributed by atoms with E-state index < -0.39 is 0 Å². The number of anilines is 1. The van der Waals surface area contributed by atoms with Crippen LogP contribution in [0.1, 0.15) is 55.1 Å². The molecule has 2 N–H and O–H groups in total. The lowest BCUT2D eigenvalue weighted by molar-refractivity contribution is 0.0548. The van der Waals surface area contributed by atoms with E-state index in [9.17, 15) is 4.79 Å². The Morgan fingerprint density at radius 3 is 2.95 bits per heavy atom. The van der Waals surface area contributed by atoms with Crippen molar-refractivity contribution in [2.24, 2.45) is 5.92 Å². The second kappa shape index (κ2) is 5.43. The number of nitrogens with zero attached hydrogens (tertiary/aromatic N) is 2. The smallest absolute Gasteiger partial charge is 0.254 e. The highest BCUT2D eigenvalue weighted by Crippen LogP contribution is 2.37.